The summed E-state index contributed by atoms with van der Waals surface area (Å²) in [6.45, 7) is 4.29. The lowest BCUT2D eigenvalue weighted by Crippen LogP contribution is -2.33. The van der Waals surface area contributed by atoms with Crippen molar-refractivity contribution in [2.75, 3.05) is 6.61 Å². The van der Waals surface area contributed by atoms with E-state index in [9.17, 15) is 0 Å². The minimum Gasteiger partial charge on any atom is -0.374 e. The van der Waals surface area contributed by atoms with Gasteiger partial charge >= 0.3 is 0 Å². The highest BCUT2D eigenvalue weighted by Crippen LogP contribution is 2.41. The van der Waals surface area contributed by atoms with Crippen LogP contribution in [0.5, 0.6) is 0 Å². The predicted octanol–water partition coefficient (Wildman–Crippen LogP) is 3.81. The van der Waals surface area contributed by atoms with Crippen molar-refractivity contribution in [2.24, 2.45) is 4.99 Å². The lowest BCUT2D eigenvalue weighted by Gasteiger charge is -2.35. The predicted molar refractivity (Wildman–Crippen MR) is 72.3 cm³/mol. The number of hydrogen-bond donors (Lipinski definition) is 0. The maximum absolute atomic E-state index is 6.00. The lowest BCUT2D eigenvalue weighted by molar-refractivity contribution is -0.0558. The lowest BCUT2D eigenvalue weighted by atomic mass is 9.88. The molecular weight excluding hydrogens is 210 g/mol. The summed E-state index contributed by atoms with van der Waals surface area (Å²) in [5.41, 5.74) is 1.71. The smallest absolute Gasteiger partial charge is 0.0719 e. The summed E-state index contributed by atoms with van der Waals surface area (Å²) in [6, 6.07) is 0. The van der Waals surface area contributed by atoms with Crippen LogP contribution in [0.2, 0.25) is 0 Å². The fourth-order valence-electron chi connectivity index (χ4n) is 2.80. The molecule has 1 saturated carbocycles. The molecule has 1 aliphatic carbocycles. The average Bonchev–Trinajstić information content (AvgIpc) is 2.77. The summed E-state index contributed by atoms with van der Waals surface area (Å²) in [4.78, 5) is 3.66. The van der Waals surface area contributed by atoms with E-state index >= 15 is 0 Å². The van der Waals surface area contributed by atoms with Gasteiger partial charge in [0.2, 0.25) is 0 Å². The van der Waals surface area contributed by atoms with E-state index in [-0.39, 0.29) is 5.60 Å². The summed E-state index contributed by atoms with van der Waals surface area (Å²) in [7, 11) is 0. The Kier molecular flexibility index (Phi) is 4.32. The molecule has 0 radical (unpaired) electrons. The molecular formula is C15H21NO. The monoisotopic (exact) mass is 231 g/mol. The molecule has 2 nitrogen and oxygen atoms in total. The molecule has 0 N–H and O–H groups in total. The van der Waals surface area contributed by atoms with E-state index in [1.807, 2.05) is 12.2 Å². The van der Waals surface area contributed by atoms with Gasteiger partial charge in [0.1, 0.15) is 0 Å². The van der Waals surface area contributed by atoms with Crippen LogP contribution in [0.3, 0.4) is 0 Å². The number of ether oxygens (including phenoxy) is 1. The molecule has 0 aromatic heterocycles. The minimum atomic E-state index is 0.191. The molecule has 0 amide bonds. The van der Waals surface area contributed by atoms with E-state index < -0.39 is 0 Å². The summed E-state index contributed by atoms with van der Waals surface area (Å²) in [6.07, 6.45) is 17.3. The number of hydrogen-bond acceptors (Lipinski definition) is 2. The van der Waals surface area contributed by atoms with Crippen molar-refractivity contribution in [3.8, 4) is 0 Å². The van der Waals surface area contributed by atoms with E-state index in [1.165, 1.54) is 31.3 Å². The van der Waals surface area contributed by atoms with Crippen LogP contribution in [-0.4, -0.2) is 18.9 Å². The molecule has 0 bridgehead atoms. The van der Waals surface area contributed by atoms with Crippen LogP contribution in [0, 0.1) is 0 Å². The van der Waals surface area contributed by atoms with Crippen molar-refractivity contribution in [3.63, 3.8) is 0 Å². The third-order valence-electron chi connectivity index (χ3n) is 3.64. The van der Waals surface area contributed by atoms with E-state index in [0.29, 0.717) is 0 Å². The van der Waals surface area contributed by atoms with Crippen LogP contribution in [0.1, 0.15) is 38.5 Å². The molecule has 2 aliphatic rings. The molecule has 0 atom stereocenters. The van der Waals surface area contributed by atoms with Crippen molar-refractivity contribution < 1.29 is 4.74 Å². The normalized spacial score (nSPS) is 26.5. The molecule has 1 saturated heterocycles. The van der Waals surface area contributed by atoms with Gasteiger partial charge in [-0.15, -0.1) is 0 Å². The number of allylic oxidation sites excluding steroid dienone is 4. The topological polar surface area (TPSA) is 21.6 Å². The maximum atomic E-state index is 6.00. The molecule has 0 aromatic rings. The van der Waals surface area contributed by atoms with Crippen LogP contribution < -0.4 is 0 Å². The quantitative estimate of drug-likeness (QED) is 0.534. The van der Waals surface area contributed by atoms with E-state index in [4.69, 9.17) is 4.74 Å². The Labute approximate surface area is 104 Å². The van der Waals surface area contributed by atoms with Crippen molar-refractivity contribution >= 4 is 6.72 Å². The standard InChI is InChI=1S/C15H21NO/c1-16-11-6-2-3-7-14-8-12-17-15(13-14)9-4-5-10-15/h2-3,6-7,11H,1,4-5,8-10,12-13H2/b3-2-,11-6-,14-7-. The molecule has 92 valence electrons. The Balaban J connectivity index is 1.92. The van der Waals surface area contributed by atoms with Gasteiger partial charge in [-0.2, -0.15) is 0 Å². The van der Waals surface area contributed by atoms with Gasteiger partial charge in [-0.3, -0.25) is 4.99 Å². The molecule has 2 fully saturated rings. The van der Waals surface area contributed by atoms with Crippen LogP contribution in [-0.2, 0) is 4.74 Å². The summed E-state index contributed by atoms with van der Waals surface area (Å²) in [5, 5.41) is 0. The number of aliphatic imine (C=N–C) groups is 1. The van der Waals surface area contributed by atoms with Crippen molar-refractivity contribution in [1.29, 1.82) is 0 Å². The van der Waals surface area contributed by atoms with Gasteiger partial charge in [0, 0.05) is 6.20 Å². The highest BCUT2D eigenvalue weighted by molar-refractivity contribution is 5.26. The summed E-state index contributed by atoms with van der Waals surface area (Å²) >= 11 is 0. The third kappa shape index (κ3) is 3.40. The van der Waals surface area contributed by atoms with Crippen molar-refractivity contribution in [3.05, 3.63) is 36.1 Å². The second-order valence-electron chi connectivity index (χ2n) is 4.90. The minimum absolute atomic E-state index is 0.191. The molecule has 0 aromatic carbocycles. The molecule has 1 aliphatic heterocycles. The Bertz CT molecular complexity index is 346. The van der Waals surface area contributed by atoms with Crippen LogP contribution >= 0.6 is 0 Å². The first-order valence-corrected chi connectivity index (χ1v) is 6.46. The Morgan fingerprint density at radius 3 is 2.76 bits per heavy atom. The first-order valence-electron chi connectivity index (χ1n) is 6.46. The van der Waals surface area contributed by atoms with Crippen LogP contribution in [0.15, 0.2) is 41.1 Å². The highest BCUT2D eigenvalue weighted by atomic mass is 16.5. The fourth-order valence-corrected chi connectivity index (χ4v) is 2.80. The van der Waals surface area contributed by atoms with Gasteiger partial charge < -0.3 is 4.74 Å². The van der Waals surface area contributed by atoms with Crippen molar-refractivity contribution in [1.82, 2.24) is 0 Å². The molecule has 1 spiro atoms. The van der Waals surface area contributed by atoms with Gasteiger partial charge in [0.05, 0.1) is 12.2 Å². The zero-order valence-electron chi connectivity index (χ0n) is 10.4. The molecule has 17 heavy (non-hydrogen) atoms. The van der Waals surface area contributed by atoms with Crippen LogP contribution in [0.25, 0.3) is 0 Å². The fraction of sp³-hybridized carbons (Fsp3) is 0.533. The first kappa shape index (κ1) is 12.3. The summed E-state index contributed by atoms with van der Waals surface area (Å²) < 4.78 is 6.00. The van der Waals surface area contributed by atoms with Crippen LogP contribution in [0.4, 0.5) is 0 Å². The molecule has 2 rings (SSSR count). The second-order valence-corrected chi connectivity index (χ2v) is 4.90. The number of nitrogens with zero attached hydrogens (tertiary/aromatic N) is 1. The van der Waals surface area contributed by atoms with Gasteiger partial charge in [0.15, 0.2) is 0 Å². The first-order chi connectivity index (χ1) is 8.35. The van der Waals surface area contributed by atoms with E-state index in [1.54, 1.807) is 6.20 Å². The van der Waals surface area contributed by atoms with Gasteiger partial charge in [-0.05, 0) is 38.5 Å². The van der Waals surface area contributed by atoms with Gasteiger partial charge in [0.25, 0.3) is 0 Å². The number of rotatable bonds is 3. The average molecular weight is 231 g/mol. The van der Waals surface area contributed by atoms with E-state index in [0.717, 1.165) is 19.4 Å². The van der Waals surface area contributed by atoms with Gasteiger partial charge in [-0.25, -0.2) is 0 Å². The van der Waals surface area contributed by atoms with Crippen molar-refractivity contribution in [2.45, 2.75) is 44.1 Å². The zero-order valence-corrected chi connectivity index (χ0v) is 10.4. The van der Waals surface area contributed by atoms with E-state index in [2.05, 4.69) is 23.9 Å². The molecule has 2 heteroatoms. The Hall–Kier alpha value is -1.15. The Morgan fingerprint density at radius 2 is 2.00 bits per heavy atom. The molecule has 1 heterocycles. The Morgan fingerprint density at radius 1 is 1.18 bits per heavy atom. The molecule has 0 unspecified atom stereocenters. The third-order valence-corrected chi connectivity index (χ3v) is 3.64. The largest absolute Gasteiger partial charge is 0.374 e. The highest BCUT2D eigenvalue weighted by Gasteiger charge is 2.37. The summed E-state index contributed by atoms with van der Waals surface area (Å²) in [5.74, 6) is 0. The van der Waals surface area contributed by atoms with Gasteiger partial charge in [-0.1, -0.05) is 36.6 Å². The zero-order chi connectivity index (χ0) is 12.0. The second kappa shape index (κ2) is 5.97. The SMILES string of the molecule is C=N\C=C/C=C\C=C1\CCOC2(CCCC2)C1. The maximum Gasteiger partial charge on any atom is 0.0719 e.